The van der Waals surface area contributed by atoms with Gasteiger partial charge in [0, 0.05) is 19.8 Å². The third kappa shape index (κ3) is 5.78. The van der Waals surface area contributed by atoms with Crippen LogP contribution in [-0.2, 0) is 14.8 Å². The second-order valence-corrected chi connectivity index (χ2v) is 6.37. The van der Waals surface area contributed by atoms with Crippen molar-refractivity contribution in [1.29, 1.82) is 0 Å². The number of rotatable bonds is 9. The lowest BCUT2D eigenvalue weighted by molar-refractivity contribution is 0.108. The molecule has 0 spiro atoms. The molecule has 0 aromatic carbocycles. The normalized spacial score (nSPS) is 11.8. The van der Waals surface area contributed by atoms with E-state index in [0.29, 0.717) is 32.1 Å². The molecule has 0 atom stereocenters. The van der Waals surface area contributed by atoms with Gasteiger partial charge in [-0.3, -0.25) is 5.43 Å². The van der Waals surface area contributed by atoms with Crippen LogP contribution in [0.25, 0.3) is 0 Å². The number of hydrazine groups is 1. The summed E-state index contributed by atoms with van der Waals surface area (Å²) in [6, 6.07) is 0. The van der Waals surface area contributed by atoms with E-state index in [9.17, 15) is 8.42 Å². The van der Waals surface area contributed by atoms with Crippen molar-refractivity contribution in [3.8, 4) is 0 Å². The molecule has 0 aliphatic heterocycles. The smallest absolute Gasteiger partial charge is 0.243 e. The first-order chi connectivity index (χ1) is 9.45. The van der Waals surface area contributed by atoms with Crippen molar-refractivity contribution in [1.82, 2.24) is 14.7 Å². The molecule has 8 nitrogen and oxygen atoms in total. The van der Waals surface area contributed by atoms with Gasteiger partial charge in [0.1, 0.15) is 4.90 Å². The summed E-state index contributed by atoms with van der Waals surface area (Å²) in [5.41, 5.74) is 2.23. The zero-order valence-electron chi connectivity index (χ0n) is 11.7. The van der Waals surface area contributed by atoms with E-state index in [1.807, 2.05) is 0 Å². The largest absolute Gasteiger partial charge is 0.381 e. The number of nitrogens with zero attached hydrogens (tertiary/aromatic N) is 2. The van der Waals surface area contributed by atoms with Crippen LogP contribution in [0.4, 0.5) is 5.95 Å². The Kier molecular flexibility index (Phi) is 6.79. The van der Waals surface area contributed by atoms with Gasteiger partial charge in [-0.25, -0.2) is 29.0 Å². The summed E-state index contributed by atoms with van der Waals surface area (Å²) in [4.78, 5) is 7.50. The summed E-state index contributed by atoms with van der Waals surface area (Å²) in [6.45, 7) is 5.61. The van der Waals surface area contributed by atoms with Crippen LogP contribution in [0.3, 0.4) is 0 Å². The highest BCUT2D eigenvalue weighted by Crippen LogP contribution is 2.06. The van der Waals surface area contributed by atoms with E-state index in [1.165, 1.54) is 12.4 Å². The van der Waals surface area contributed by atoms with Crippen molar-refractivity contribution in [2.24, 2.45) is 11.8 Å². The number of nitrogen functional groups attached to an aromatic ring is 1. The maximum Gasteiger partial charge on any atom is 0.243 e. The molecule has 0 saturated carbocycles. The molecule has 1 aromatic heterocycles. The van der Waals surface area contributed by atoms with E-state index in [0.717, 1.165) is 0 Å². The van der Waals surface area contributed by atoms with Gasteiger partial charge in [0.25, 0.3) is 0 Å². The van der Waals surface area contributed by atoms with Gasteiger partial charge >= 0.3 is 0 Å². The van der Waals surface area contributed by atoms with Crippen LogP contribution in [0.15, 0.2) is 17.3 Å². The fourth-order valence-electron chi connectivity index (χ4n) is 1.31. The lowest BCUT2D eigenvalue weighted by atomic mass is 10.2. The van der Waals surface area contributed by atoms with Crippen LogP contribution in [0.1, 0.15) is 20.3 Å². The number of ether oxygens (including phenoxy) is 1. The Morgan fingerprint density at radius 1 is 1.35 bits per heavy atom. The first kappa shape index (κ1) is 16.8. The van der Waals surface area contributed by atoms with Gasteiger partial charge in [-0.15, -0.1) is 0 Å². The highest BCUT2D eigenvalue weighted by molar-refractivity contribution is 7.89. The number of sulfonamides is 1. The molecule has 0 amide bonds. The Hall–Kier alpha value is -1.29. The summed E-state index contributed by atoms with van der Waals surface area (Å²) in [5.74, 6) is 5.73. The molecule has 4 N–H and O–H groups in total. The fraction of sp³-hybridized carbons (Fsp3) is 0.636. The zero-order valence-corrected chi connectivity index (χ0v) is 12.5. The van der Waals surface area contributed by atoms with Crippen LogP contribution in [0.5, 0.6) is 0 Å². The molecular weight excluding hydrogens is 282 g/mol. The molecule has 9 heteroatoms. The monoisotopic (exact) mass is 303 g/mol. The van der Waals surface area contributed by atoms with Crippen LogP contribution in [-0.4, -0.2) is 38.1 Å². The molecular formula is C11H21N5O3S. The maximum atomic E-state index is 11.9. The van der Waals surface area contributed by atoms with E-state index in [1.54, 1.807) is 0 Å². The molecule has 1 heterocycles. The third-order valence-corrected chi connectivity index (χ3v) is 3.69. The first-order valence-corrected chi connectivity index (χ1v) is 7.80. The number of nitrogens with one attached hydrogen (secondary N) is 2. The minimum atomic E-state index is -3.59. The van der Waals surface area contributed by atoms with Crippen molar-refractivity contribution < 1.29 is 13.2 Å². The van der Waals surface area contributed by atoms with Gasteiger partial charge in [0.2, 0.25) is 16.0 Å². The van der Waals surface area contributed by atoms with Gasteiger partial charge < -0.3 is 4.74 Å². The van der Waals surface area contributed by atoms with Gasteiger partial charge in [-0.05, 0) is 12.3 Å². The van der Waals surface area contributed by atoms with Crippen molar-refractivity contribution in [2.45, 2.75) is 25.2 Å². The maximum absolute atomic E-state index is 11.9. The topological polar surface area (TPSA) is 119 Å². The lowest BCUT2D eigenvalue weighted by Crippen LogP contribution is -2.26. The zero-order chi connectivity index (χ0) is 15.0. The molecule has 0 bridgehead atoms. The standard InChI is InChI=1S/C11H21N5O3S/c1-9(2)8-19-5-3-4-15-20(17,18)10-6-13-11(16-12)14-7-10/h6-7,9,15H,3-5,8,12H2,1-2H3,(H,13,14,16). The fourth-order valence-corrected chi connectivity index (χ4v) is 2.28. The predicted molar refractivity (Wildman–Crippen MR) is 75.3 cm³/mol. The molecule has 1 aromatic rings. The average molecular weight is 303 g/mol. The van der Waals surface area contributed by atoms with Gasteiger partial charge in [-0.2, -0.15) is 0 Å². The van der Waals surface area contributed by atoms with Crippen molar-refractivity contribution >= 4 is 16.0 Å². The SMILES string of the molecule is CC(C)COCCCNS(=O)(=O)c1cnc(NN)nc1. The Labute approximate surface area is 119 Å². The number of nitrogens with two attached hydrogens (primary N) is 1. The predicted octanol–water partition coefficient (Wildman–Crippen LogP) is 0.103. The molecule has 0 aliphatic rings. The molecule has 0 radical (unpaired) electrons. The van der Waals surface area contributed by atoms with E-state index < -0.39 is 10.0 Å². The van der Waals surface area contributed by atoms with Crippen LogP contribution >= 0.6 is 0 Å². The Bertz CT molecular complexity index is 489. The molecule has 0 fully saturated rings. The number of hydrogen-bond acceptors (Lipinski definition) is 7. The average Bonchev–Trinajstić information content (AvgIpc) is 2.42. The van der Waals surface area contributed by atoms with Gasteiger partial charge in [0.05, 0.1) is 12.4 Å². The number of aromatic nitrogens is 2. The molecule has 0 unspecified atom stereocenters. The Balaban J connectivity index is 2.37. The summed E-state index contributed by atoms with van der Waals surface area (Å²) < 4.78 is 31.6. The van der Waals surface area contributed by atoms with E-state index in [2.05, 4.69) is 34.0 Å². The Morgan fingerprint density at radius 3 is 2.55 bits per heavy atom. The summed E-state index contributed by atoms with van der Waals surface area (Å²) in [6.07, 6.45) is 2.99. The summed E-state index contributed by atoms with van der Waals surface area (Å²) in [7, 11) is -3.59. The van der Waals surface area contributed by atoms with Crippen LogP contribution in [0, 0.1) is 5.92 Å². The molecule has 1 rings (SSSR count). The van der Waals surface area contributed by atoms with Gasteiger partial charge in [0.15, 0.2) is 0 Å². The summed E-state index contributed by atoms with van der Waals surface area (Å²) in [5, 5.41) is 0. The highest BCUT2D eigenvalue weighted by atomic mass is 32.2. The lowest BCUT2D eigenvalue weighted by Gasteiger charge is -2.08. The van der Waals surface area contributed by atoms with Crippen LogP contribution in [0.2, 0.25) is 0 Å². The quantitative estimate of drug-likeness (QED) is 0.336. The second-order valence-electron chi connectivity index (χ2n) is 4.61. The second kappa shape index (κ2) is 8.10. The molecule has 0 aliphatic carbocycles. The van der Waals surface area contributed by atoms with E-state index >= 15 is 0 Å². The van der Waals surface area contributed by atoms with Crippen molar-refractivity contribution in [3.63, 3.8) is 0 Å². The minimum absolute atomic E-state index is 0.000371. The summed E-state index contributed by atoms with van der Waals surface area (Å²) >= 11 is 0. The minimum Gasteiger partial charge on any atom is -0.381 e. The van der Waals surface area contributed by atoms with Crippen molar-refractivity contribution in [3.05, 3.63) is 12.4 Å². The first-order valence-electron chi connectivity index (χ1n) is 6.32. The molecule has 114 valence electrons. The third-order valence-electron chi connectivity index (χ3n) is 2.28. The molecule has 20 heavy (non-hydrogen) atoms. The number of anilines is 1. The van der Waals surface area contributed by atoms with E-state index in [-0.39, 0.29) is 10.8 Å². The van der Waals surface area contributed by atoms with Crippen LogP contribution < -0.4 is 16.0 Å². The molecule has 0 saturated heterocycles. The Morgan fingerprint density at radius 2 is 2.00 bits per heavy atom. The number of hydrogen-bond donors (Lipinski definition) is 3. The van der Waals surface area contributed by atoms with E-state index in [4.69, 9.17) is 10.6 Å². The van der Waals surface area contributed by atoms with Gasteiger partial charge in [-0.1, -0.05) is 13.8 Å². The highest BCUT2D eigenvalue weighted by Gasteiger charge is 2.14. The van der Waals surface area contributed by atoms with Crippen molar-refractivity contribution in [2.75, 3.05) is 25.2 Å².